The number of fused-ring (bicyclic) bond motifs is 1. The first-order chi connectivity index (χ1) is 12.6. The Hall–Kier alpha value is -2.95. The molecule has 0 aromatic heterocycles. The molecule has 2 aromatic carbocycles. The minimum atomic E-state index is -0.494. The summed E-state index contributed by atoms with van der Waals surface area (Å²) >= 11 is 0. The van der Waals surface area contributed by atoms with E-state index in [9.17, 15) is 4.79 Å². The lowest BCUT2D eigenvalue weighted by Gasteiger charge is -2.10. The summed E-state index contributed by atoms with van der Waals surface area (Å²) in [6.07, 6.45) is 4.05. The van der Waals surface area contributed by atoms with Crippen molar-refractivity contribution >= 4 is 12.0 Å². The van der Waals surface area contributed by atoms with Crippen molar-refractivity contribution in [3.05, 3.63) is 53.6 Å². The molecule has 1 heterocycles. The van der Waals surface area contributed by atoms with Gasteiger partial charge in [-0.2, -0.15) is 0 Å². The summed E-state index contributed by atoms with van der Waals surface area (Å²) in [5, 5.41) is 0. The second-order valence-corrected chi connectivity index (χ2v) is 5.97. The second-order valence-electron chi connectivity index (χ2n) is 5.97. The van der Waals surface area contributed by atoms with Gasteiger partial charge < -0.3 is 18.9 Å². The van der Waals surface area contributed by atoms with E-state index < -0.39 is 5.97 Å². The minimum Gasteiger partial charge on any atom is -0.493 e. The molecule has 0 saturated carbocycles. The van der Waals surface area contributed by atoms with Crippen LogP contribution >= 0.6 is 0 Å². The quantitative estimate of drug-likeness (QED) is 0.445. The molecule has 1 unspecified atom stereocenters. The average molecular weight is 354 g/mol. The molecule has 0 spiro atoms. The third kappa shape index (κ3) is 3.99. The number of carbonyl (C=O) groups excluding carboxylic acids is 1. The number of hydrogen-bond acceptors (Lipinski definition) is 5. The van der Waals surface area contributed by atoms with Crippen LogP contribution in [0.4, 0.5) is 0 Å². The van der Waals surface area contributed by atoms with Gasteiger partial charge in [0.2, 0.25) is 0 Å². The molecule has 1 atom stereocenters. The van der Waals surface area contributed by atoms with Crippen LogP contribution in [-0.2, 0) is 11.2 Å². The molecule has 0 radical (unpaired) electrons. The maximum atomic E-state index is 12.2. The summed E-state index contributed by atoms with van der Waals surface area (Å²) in [5.41, 5.74) is 1.89. The number of rotatable bonds is 6. The Morgan fingerprint density at radius 2 is 2.00 bits per heavy atom. The zero-order valence-corrected chi connectivity index (χ0v) is 15.2. The van der Waals surface area contributed by atoms with Crippen molar-refractivity contribution < 1.29 is 23.7 Å². The summed E-state index contributed by atoms with van der Waals surface area (Å²) in [4.78, 5) is 12.2. The summed E-state index contributed by atoms with van der Waals surface area (Å²) in [7, 11) is 1.53. The predicted molar refractivity (Wildman–Crippen MR) is 99.1 cm³/mol. The van der Waals surface area contributed by atoms with Gasteiger partial charge in [-0.25, -0.2) is 4.79 Å². The summed E-state index contributed by atoms with van der Waals surface area (Å²) in [6, 6.07) is 10.9. The highest BCUT2D eigenvalue weighted by molar-refractivity contribution is 5.89. The van der Waals surface area contributed by atoms with Gasteiger partial charge in [-0.05, 0) is 44.2 Å². The first-order valence-corrected chi connectivity index (χ1v) is 8.60. The number of ether oxygens (including phenoxy) is 4. The Morgan fingerprint density at radius 1 is 1.23 bits per heavy atom. The smallest absolute Gasteiger partial charge is 0.336 e. The molecular weight excluding hydrogens is 332 g/mol. The first-order valence-electron chi connectivity index (χ1n) is 8.60. The van der Waals surface area contributed by atoms with Gasteiger partial charge in [0.25, 0.3) is 0 Å². The number of esters is 1. The van der Waals surface area contributed by atoms with Crippen molar-refractivity contribution in [3.8, 4) is 23.0 Å². The van der Waals surface area contributed by atoms with Crippen molar-refractivity contribution in [2.75, 3.05) is 13.7 Å². The molecule has 0 aliphatic carbocycles. The largest absolute Gasteiger partial charge is 0.493 e. The van der Waals surface area contributed by atoms with E-state index in [4.69, 9.17) is 18.9 Å². The SMILES string of the molecule is CCOc1cc2c(cc1/C=C/C(=O)Oc1ccccc1OC)OC(C)C2. The summed E-state index contributed by atoms with van der Waals surface area (Å²) < 4.78 is 22.0. The Bertz CT molecular complexity index is 825. The maximum Gasteiger partial charge on any atom is 0.336 e. The maximum absolute atomic E-state index is 12.2. The Morgan fingerprint density at radius 3 is 2.73 bits per heavy atom. The van der Waals surface area contributed by atoms with Gasteiger partial charge in [0.1, 0.15) is 17.6 Å². The van der Waals surface area contributed by atoms with Crippen molar-refractivity contribution in [1.29, 1.82) is 0 Å². The van der Waals surface area contributed by atoms with Crippen molar-refractivity contribution in [2.45, 2.75) is 26.4 Å². The lowest BCUT2D eigenvalue weighted by Crippen LogP contribution is -2.05. The molecule has 5 nitrogen and oxygen atoms in total. The van der Waals surface area contributed by atoms with Gasteiger partial charge in [0.15, 0.2) is 11.5 Å². The third-order valence-electron chi connectivity index (χ3n) is 4.01. The van der Waals surface area contributed by atoms with Gasteiger partial charge in [0.05, 0.1) is 13.7 Å². The molecule has 3 rings (SSSR count). The highest BCUT2D eigenvalue weighted by Gasteiger charge is 2.21. The van der Waals surface area contributed by atoms with E-state index in [1.54, 1.807) is 24.3 Å². The summed E-state index contributed by atoms with van der Waals surface area (Å²) in [6.45, 7) is 4.50. The molecule has 5 heteroatoms. The minimum absolute atomic E-state index is 0.147. The molecule has 0 fully saturated rings. The van der Waals surface area contributed by atoms with Crippen LogP contribution in [0.2, 0.25) is 0 Å². The van der Waals surface area contributed by atoms with Crippen LogP contribution in [0, 0.1) is 0 Å². The molecule has 0 saturated heterocycles. The molecular formula is C21H22O5. The monoisotopic (exact) mass is 354 g/mol. The van der Waals surface area contributed by atoms with Crippen LogP contribution in [0.1, 0.15) is 25.0 Å². The fourth-order valence-corrected chi connectivity index (χ4v) is 2.87. The molecule has 2 aromatic rings. The van der Waals surface area contributed by atoms with E-state index in [-0.39, 0.29) is 6.10 Å². The second kappa shape index (κ2) is 7.95. The van der Waals surface area contributed by atoms with E-state index in [0.29, 0.717) is 18.1 Å². The number of benzene rings is 2. The lowest BCUT2D eigenvalue weighted by molar-refractivity contribution is -0.129. The van der Waals surface area contributed by atoms with Gasteiger partial charge in [-0.3, -0.25) is 0 Å². The molecule has 1 aliphatic rings. The Labute approximate surface area is 153 Å². The van der Waals surface area contributed by atoms with E-state index in [1.165, 1.54) is 13.2 Å². The van der Waals surface area contributed by atoms with Crippen molar-refractivity contribution in [3.63, 3.8) is 0 Å². The van der Waals surface area contributed by atoms with Crippen molar-refractivity contribution in [2.24, 2.45) is 0 Å². The van der Waals surface area contributed by atoms with E-state index in [0.717, 1.165) is 29.0 Å². The fraction of sp³-hybridized carbons (Fsp3) is 0.286. The molecule has 1 aliphatic heterocycles. The topological polar surface area (TPSA) is 54.0 Å². The number of methoxy groups -OCH3 is 1. The number of para-hydroxylation sites is 2. The van der Waals surface area contributed by atoms with Gasteiger partial charge in [-0.1, -0.05) is 12.1 Å². The zero-order valence-electron chi connectivity index (χ0n) is 15.2. The molecule has 0 N–H and O–H groups in total. The lowest BCUT2D eigenvalue weighted by atomic mass is 10.1. The highest BCUT2D eigenvalue weighted by Crippen LogP contribution is 2.35. The number of carbonyl (C=O) groups is 1. The van der Waals surface area contributed by atoms with Crippen LogP contribution in [0.15, 0.2) is 42.5 Å². The van der Waals surface area contributed by atoms with Crippen LogP contribution in [-0.4, -0.2) is 25.8 Å². The third-order valence-corrected chi connectivity index (χ3v) is 4.01. The van der Waals surface area contributed by atoms with Gasteiger partial charge in [-0.15, -0.1) is 0 Å². The van der Waals surface area contributed by atoms with Crippen LogP contribution in [0.5, 0.6) is 23.0 Å². The van der Waals surface area contributed by atoms with Crippen LogP contribution in [0.25, 0.3) is 6.08 Å². The number of hydrogen-bond donors (Lipinski definition) is 0. The average Bonchev–Trinajstić information content (AvgIpc) is 2.99. The highest BCUT2D eigenvalue weighted by atomic mass is 16.6. The Balaban J connectivity index is 1.79. The van der Waals surface area contributed by atoms with Crippen LogP contribution in [0.3, 0.4) is 0 Å². The van der Waals surface area contributed by atoms with E-state index in [1.807, 2.05) is 32.0 Å². The normalized spacial score (nSPS) is 15.4. The van der Waals surface area contributed by atoms with Crippen LogP contribution < -0.4 is 18.9 Å². The molecule has 26 heavy (non-hydrogen) atoms. The van der Waals surface area contributed by atoms with E-state index >= 15 is 0 Å². The Kier molecular flexibility index (Phi) is 5.46. The molecule has 0 amide bonds. The molecule has 0 bridgehead atoms. The van der Waals surface area contributed by atoms with Gasteiger partial charge >= 0.3 is 5.97 Å². The molecule has 136 valence electrons. The summed E-state index contributed by atoms with van der Waals surface area (Å²) in [5.74, 6) is 1.95. The van der Waals surface area contributed by atoms with Gasteiger partial charge in [0, 0.05) is 23.6 Å². The predicted octanol–water partition coefficient (Wildman–Crippen LogP) is 4.04. The fourth-order valence-electron chi connectivity index (χ4n) is 2.87. The zero-order chi connectivity index (χ0) is 18.5. The first kappa shape index (κ1) is 17.9. The van der Waals surface area contributed by atoms with Crippen molar-refractivity contribution in [1.82, 2.24) is 0 Å². The van der Waals surface area contributed by atoms with E-state index in [2.05, 4.69) is 0 Å². The standard InChI is InChI=1S/C21H22O5/c1-4-24-19-13-16-11-14(2)25-20(16)12-15(19)9-10-21(22)26-18-8-6-5-7-17(18)23-3/h5-10,12-14H,4,11H2,1-3H3/b10-9+.